The van der Waals surface area contributed by atoms with E-state index in [1.807, 2.05) is 44.4 Å². The van der Waals surface area contributed by atoms with Crippen molar-refractivity contribution in [3.05, 3.63) is 54.1 Å². The summed E-state index contributed by atoms with van der Waals surface area (Å²) in [5, 5.41) is 2.89. The summed E-state index contributed by atoms with van der Waals surface area (Å²) in [6.07, 6.45) is 2.72. The van der Waals surface area contributed by atoms with Crippen LogP contribution in [-0.2, 0) is 14.8 Å². The van der Waals surface area contributed by atoms with E-state index in [2.05, 4.69) is 15.0 Å². The summed E-state index contributed by atoms with van der Waals surface area (Å²) >= 11 is 1.63. The van der Waals surface area contributed by atoms with Gasteiger partial charge in [0.15, 0.2) is 0 Å². The lowest BCUT2D eigenvalue weighted by Gasteiger charge is -2.19. The Kier molecular flexibility index (Phi) is 6.10. The smallest absolute Gasteiger partial charge is 0.263 e. The molecule has 0 spiro atoms. The Morgan fingerprint density at radius 3 is 2.50 bits per heavy atom. The van der Waals surface area contributed by atoms with Gasteiger partial charge in [0, 0.05) is 16.1 Å². The molecule has 0 aromatic heterocycles. The molecule has 1 amide bonds. The third-order valence-corrected chi connectivity index (χ3v) is 6.88. The molecule has 1 aliphatic heterocycles. The third kappa shape index (κ3) is 4.23. The second kappa shape index (κ2) is 8.36. The maximum Gasteiger partial charge on any atom is 0.263 e. The van der Waals surface area contributed by atoms with Gasteiger partial charge in [0.25, 0.3) is 10.0 Å². The van der Waals surface area contributed by atoms with Gasteiger partial charge >= 0.3 is 0 Å². The second-order valence-corrected chi connectivity index (χ2v) is 9.16. The number of rotatable bonds is 6. The van der Waals surface area contributed by atoms with E-state index in [-0.39, 0.29) is 22.6 Å². The lowest BCUT2D eigenvalue weighted by Crippen LogP contribution is -2.34. The molecule has 2 aromatic rings. The number of benzene rings is 2. The molecule has 0 aliphatic carbocycles. The van der Waals surface area contributed by atoms with Crippen molar-refractivity contribution in [2.45, 2.75) is 36.1 Å². The number of hydrogen-bond acceptors (Lipinski definition) is 5. The molecule has 0 bridgehead atoms. The van der Waals surface area contributed by atoms with Crippen molar-refractivity contribution in [1.82, 2.24) is 4.72 Å². The quantitative estimate of drug-likeness (QED) is 0.704. The highest BCUT2D eigenvalue weighted by Gasteiger charge is 2.33. The van der Waals surface area contributed by atoms with Crippen LogP contribution in [0.15, 0.2) is 63.3 Å². The number of nitrogens with one attached hydrogen (secondary N) is 2. The first kappa shape index (κ1) is 20.4. The van der Waals surface area contributed by atoms with Gasteiger partial charge < -0.3 is 5.32 Å². The van der Waals surface area contributed by atoms with Crippen LogP contribution in [0.4, 0.5) is 5.69 Å². The zero-order valence-corrected chi connectivity index (χ0v) is 17.6. The highest BCUT2D eigenvalue weighted by atomic mass is 32.2. The first-order valence-electron chi connectivity index (χ1n) is 9.00. The molecule has 2 N–H and O–H groups in total. The minimum Gasteiger partial charge on any atom is -0.324 e. The van der Waals surface area contributed by atoms with Gasteiger partial charge in [0.2, 0.25) is 5.91 Å². The summed E-state index contributed by atoms with van der Waals surface area (Å²) in [4.78, 5) is 18.7. The van der Waals surface area contributed by atoms with Crippen molar-refractivity contribution < 1.29 is 13.2 Å². The number of hydrogen-bond donors (Lipinski definition) is 2. The van der Waals surface area contributed by atoms with E-state index in [0.29, 0.717) is 11.3 Å². The Bertz CT molecular complexity index is 1000. The maximum atomic E-state index is 12.9. The Hall–Kier alpha value is -2.32. The molecule has 6 nitrogen and oxygen atoms in total. The van der Waals surface area contributed by atoms with Crippen LogP contribution in [0.25, 0.3) is 0 Å². The van der Waals surface area contributed by atoms with E-state index >= 15 is 0 Å². The van der Waals surface area contributed by atoms with Gasteiger partial charge in [-0.25, -0.2) is 8.42 Å². The predicted molar refractivity (Wildman–Crippen MR) is 113 cm³/mol. The van der Waals surface area contributed by atoms with Gasteiger partial charge in [-0.2, -0.15) is 0 Å². The molecule has 0 saturated heterocycles. The molecule has 28 heavy (non-hydrogen) atoms. The molecule has 0 radical (unpaired) electrons. The Balaban J connectivity index is 1.90. The standard InChI is InChI=1S/C20H23N3O3S2/c1-4-13(2)18(20(24)21-14-9-11-15(27-3)12-10-14)22-19-16-7-5-6-8-17(16)28(25,26)23-19/h5-13,18H,4H2,1-3H3,(H,21,24)(H,22,23)/t13-,18-/m0/s1. The average molecular weight is 418 g/mol. The fourth-order valence-electron chi connectivity index (χ4n) is 2.93. The number of nitrogens with zero attached hydrogens (tertiary/aromatic N) is 1. The first-order chi connectivity index (χ1) is 13.4. The van der Waals surface area contributed by atoms with Crippen LogP contribution in [0.3, 0.4) is 0 Å². The summed E-state index contributed by atoms with van der Waals surface area (Å²) in [6, 6.07) is 13.5. The molecule has 8 heteroatoms. The van der Waals surface area contributed by atoms with Crippen molar-refractivity contribution in [3.63, 3.8) is 0 Å². The largest absolute Gasteiger partial charge is 0.324 e. The lowest BCUT2D eigenvalue weighted by atomic mass is 9.98. The fraction of sp³-hybridized carbons (Fsp3) is 0.300. The van der Waals surface area contributed by atoms with Crippen LogP contribution in [0.2, 0.25) is 0 Å². The van der Waals surface area contributed by atoms with Gasteiger partial charge in [-0.05, 0) is 48.6 Å². The normalized spacial score (nSPS) is 18.2. The number of aliphatic imine (C=N–C) groups is 1. The number of carbonyl (C=O) groups is 1. The molecular weight excluding hydrogens is 394 g/mol. The number of fused-ring (bicyclic) bond motifs is 1. The Morgan fingerprint density at radius 2 is 1.86 bits per heavy atom. The van der Waals surface area contributed by atoms with Gasteiger partial charge in [0.05, 0.1) is 4.90 Å². The van der Waals surface area contributed by atoms with Gasteiger partial charge in [-0.1, -0.05) is 32.4 Å². The van der Waals surface area contributed by atoms with Crippen molar-refractivity contribution in [3.8, 4) is 0 Å². The molecule has 0 unspecified atom stereocenters. The summed E-state index contributed by atoms with van der Waals surface area (Å²) < 4.78 is 27.1. The van der Waals surface area contributed by atoms with Crippen LogP contribution in [0, 0.1) is 5.92 Å². The predicted octanol–water partition coefficient (Wildman–Crippen LogP) is 3.50. The number of amidine groups is 1. The van der Waals surface area contributed by atoms with Crippen LogP contribution >= 0.6 is 11.8 Å². The molecule has 1 heterocycles. The monoisotopic (exact) mass is 417 g/mol. The van der Waals surface area contributed by atoms with Crippen molar-refractivity contribution in [2.24, 2.45) is 10.9 Å². The van der Waals surface area contributed by atoms with E-state index in [0.717, 1.165) is 11.3 Å². The minimum absolute atomic E-state index is 0.0600. The van der Waals surface area contributed by atoms with Crippen molar-refractivity contribution in [2.75, 3.05) is 11.6 Å². The number of amides is 1. The summed E-state index contributed by atoms with van der Waals surface area (Å²) in [7, 11) is -3.64. The molecule has 2 atom stereocenters. The van der Waals surface area contributed by atoms with Crippen LogP contribution in [-0.4, -0.2) is 32.5 Å². The van der Waals surface area contributed by atoms with Crippen molar-refractivity contribution >= 4 is 39.2 Å². The van der Waals surface area contributed by atoms with E-state index in [9.17, 15) is 13.2 Å². The minimum atomic E-state index is -3.64. The highest BCUT2D eigenvalue weighted by molar-refractivity contribution is 7.98. The van der Waals surface area contributed by atoms with E-state index < -0.39 is 16.1 Å². The van der Waals surface area contributed by atoms with E-state index in [4.69, 9.17) is 0 Å². The second-order valence-electron chi connectivity index (χ2n) is 6.63. The van der Waals surface area contributed by atoms with E-state index in [1.165, 1.54) is 6.07 Å². The summed E-state index contributed by atoms with van der Waals surface area (Å²) in [6.45, 7) is 3.91. The number of sulfonamides is 1. The number of thioether (sulfide) groups is 1. The molecule has 2 aromatic carbocycles. The van der Waals surface area contributed by atoms with Gasteiger partial charge in [-0.15, -0.1) is 11.8 Å². The van der Waals surface area contributed by atoms with Gasteiger partial charge in [-0.3, -0.25) is 14.5 Å². The molecule has 1 aliphatic rings. The Morgan fingerprint density at radius 1 is 1.18 bits per heavy atom. The highest BCUT2D eigenvalue weighted by Crippen LogP contribution is 2.25. The Labute approximate surface area is 169 Å². The molecule has 0 fully saturated rings. The number of carbonyl (C=O) groups excluding carboxylic acids is 1. The lowest BCUT2D eigenvalue weighted by molar-refractivity contribution is -0.118. The molecular formula is C20H23N3O3S2. The SMILES string of the molecule is CC[C@H](C)[C@H](N=C1NS(=O)(=O)c2ccccc21)C(=O)Nc1ccc(SC)cc1. The number of anilines is 1. The van der Waals surface area contributed by atoms with E-state index in [1.54, 1.807) is 30.0 Å². The first-order valence-corrected chi connectivity index (χ1v) is 11.7. The molecule has 148 valence electrons. The zero-order chi connectivity index (χ0) is 20.3. The van der Waals surface area contributed by atoms with Crippen molar-refractivity contribution in [1.29, 1.82) is 0 Å². The zero-order valence-electron chi connectivity index (χ0n) is 16.0. The van der Waals surface area contributed by atoms with Crippen LogP contribution in [0.5, 0.6) is 0 Å². The molecule has 0 saturated carbocycles. The summed E-state index contributed by atoms with van der Waals surface area (Å²) in [5.41, 5.74) is 1.18. The van der Waals surface area contributed by atoms with Gasteiger partial charge in [0.1, 0.15) is 11.9 Å². The molecule has 3 rings (SSSR count). The van der Waals surface area contributed by atoms with Crippen LogP contribution in [0.1, 0.15) is 25.8 Å². The maximum absolute atomic E-state index is 12.9. The fourth-order valence-corrected chi connectivity index (χ4v) is 4.57. The average Bonchev–Trinajstić information content (AvgIpc) is 2.96. The topological polar surface area (TPSA) is 87.6 Å². The summed E-state index contributed by atoms with van der Waals surface area (Å²) in [5.74, 6) is -0.105. The van der Waals surface area contributed by atoms with Crippen LogP contribution < -0.4 is 10.0 Å². The third-order valence-electron chi connectivity index (χ3n) is 4.74.